The fourth-order valence-corrected chi connectivity index (χ4v) is 3.73. The minimum atomic E-state index is -3.25. The standard InChI is InChI=1S/C20H21ClN4O3S/c1-13(8-9-29(3,27)28)24-20(26)18-10-17-19(11-22-18)25(12-23-17)14(2)15-6-4-5-7-16(15)21/h4-14H,1-3H3,(H,24,26)/b9-8+/t13-,14?/m1/s1. The molecule has 3 aromatic rings. The lowest BCUT2D eigenvalue weighted by molar-refractivity contribution is 0.0942. The van der Waals surface area contributed by atoms with Crippen LogP contribution in [0.25, 0.3) is 11.0 Å². The highest BCUT2D eigenvalue weighted by Crippen LogP contribution is 2.28. The van der Waals surface area contributed by atoms with Crippen molar-refractivity contribution in [1.29, 1.82) is 0 Å². The first-order valence-corrected chi connectivity index (χ1v) is 11.2. The lowest BCUT2D eigenvalue weighted by atomic mass is 10.1. The van der Waals surface area contributed by atoms with Gasteiger partial charge in [0.15, 0.2) is 9.84 Å². The second-order valence-electron chi connectivity index (χ2n) is 6.83. The topological polar surface area (TPSA) is 94.0 Å². The summed E-state index contributed by atoms with van der Waals surface area (Å²) in [7, 11) is -3.25. The Bertz CT molecular complexity index is 1190. The molecule has 0 spiro atoms. The van der Waals surface area contributed by atoms with Crippen molar-refractivity contribution >= 4 is 38.4 Å². The molecule has 9 heteroatoms. The van der Waals surface area contributed by atoms with Crippen molar-refractivity contribution in [2.75, 3.05) is 6.26 Å². The highest BCUT2D eigenvalue weighted by atomic mass is 35.5. The Morgan fingerprint density at radius 1 is 1.24 bits per heavy atom. The quantitative estimate of drug-likeness (QED) is 0.644. The summed E-state index contributed by atoms with van der Waals surface area (Å²) in [4.78, 5) is 21.1. The van der Waals surface area contributed by atoms with E-state index in [0.717, 1.165) is 22.7 Å². The Kier molecular flexibility index (Phi) is 6.04. The number of hydrogen-bond acceptors (Lipinski definition) is 5. The molecule has 2 atom stereocenters. The van der Waals surface area contributed by atoms with Gasteiger partial charge in [-0.15, -0.1) is 0 Å². The minimum absolute atomic E-state index is 0.0590. The Labute approximate surface area is 174 Å². The summed E-state index contributed by atoms with van der Waals surface area (Å²) in [5.74, 6) is -0.411. The summed E-state index contributed by atoms with van der Waals surface area (Å²) in [5, 5.41) is 4.42. The molecule has 1 unspecified atom stereocenters. The second-order valence-corrected chi connectivity index (χ2v) is 9.17. The van der Waals surface area contributed by atoms with Crippen LogP contribution in [0.15, 0.2) is 54.3 Å². The summed E-state index contributed by atoms with van der Waals surface area (Å²) >= 11 is 6.31. The molecule has 152 valence electrons. The average molecular weight is 433 g/mol. The van der Waals surface area contributed by atoms with Crippen molar-refractivity contribution in [3.8, 4) is 0 Å². The second kappa shape index (κ2) is 8.34. The Balaban J connectivity index is 1.82. The first-order chi connectivity index (χ1) is 13.7. The van der Waals surface area contributed by atoms with Crippen LogP contribution in [0, 0.1) is 0 Å². The first kappa shape index (κ1) is 21.0. The van der Waals surface area contributed by atoms with E-state index in [-0.39, 0.29) is 11.7 Å². The molecule has 0 fully saturated rings. The fraction of sp³-hybridized carbons (Fsp3) is 0.250. The van der Waals surface area contributed by atoms with Crippen molar-refractivity contribution in [3.05, 3.63) is 70.6 Å². The Morgan fingerprint density at radius 2 is 1.97 bits per heavy atom. The van der Waals surface area contributed by atoms with Crippen molar-refractivity contribution in [2.45, 2.75) is 25.9 Å². The smallest absolute Gasteiger partial charge is 0.270 e. The van der Waals surface area contributed by atoms with E-state index in [2.05, 4.69) is 15.3 Å². The van der Waals surface area contributed by atoms with Gasteiger partial charge >= 0.3 is 0 Å². The number of carbonyl (C=O) groups is 1. The molecule has 1 aromatic carbocycles. The normalized spacial score (nSPS) is 14.2. The third kappa shape index (κ3) is 5.02. The molecule has 1 N–H and O–H groups in total. The van der Waals surface area contributed by atoms with E-state index in [9.17, 15) is 13.2 Å². The highest BCUT2D eigenvalue weighted by molar-refractivity contribution is 7.93. The van der Waals surface area contributed by atoms with Crippen LogP contribution in [0.1, 0.15) is 35.9 Å². The number of carbonyl (C=O) groups excluding carboxylic acids is 1. The summed E-state index contributed by atoms with van der Waals surface area (Å²) in [6, 6.07) is 8.68. The number of halogens is 1. The van der Waals surface area contributed by atoms with Gasteiger partial charge in [0, 0.05) is 22.7 Å². The number of hydrogen-bond donors (Lipinski definition) is 1. The van der Waals surface area contributed by atoms with Gasteiger partial charge in [-0.1, -0.05) is 35.9 Å². The third-order valence-electron chi connectivity index (χ3n) is 4.44. The number of fused-ring (bicyclic) bond motifs is 1. The Morgan fingerprint density at radius 3 is 2.66 bits per heavy atom. The van der Waals surface area contributed by atoms with E-state index in [0.29, 0.717) is 10.5 Å². The molecule has 0 radical (unpaired) electrons. The summed E-state index contributed by atoms with van der Waals surface area (Å²) in [6.07, 6.45) is 5.79. The Hall–Kier alpha value is -2.71. The van der Waals surface area contributed by atoms with E-state index in [1.54, 1.807) is 25.5 Å². The predicted octanol–water partition coefficient (Wildman–Crippen LogP) is 3.37. The third-order valence-corrected chi connectivity index (χ3v) is 5.44. The molecule has 1 amide bonds. The number of pyridine rings is 1. The first-order valence-electron chi connectivity index (χ1n) is 8.92. The van der Waals surface area contributed by atoms with Gasteiger partial charge in [0.25, 0.3) is 5.91 Å². The SMILES string of the molecule is CC(c1ccccc1Cl)n1cnc2cc(C(=O)N[C@H](C)/C=C/S(C)(=O)=O)ncc21. The van der Waals surface area contributed by atoms with E-state index in [1.807, 2.05) is 35.8 Å². The van der Waals surface area contributed by atoms with Gasteiger partial charge in [0.1, 0.15) is 5.69 Å². The van der Waals surface area contributed by atoms with E-state index in [1.165, 1.54) is 6.08 Å². The van der Waals surface area contributed by atoms with Crippen LogP contribution in [0.3, 0.4) is 0 Å². The summed E-state index contributed by atoms with van der Waals surface area (Å²) in [6.45, 7) is 3.69. The zero-order valence-electron chi connectivity index (χ0n) is 16.2. The molecule has 7 nitrogen and oxygen atoms in total. The van der Waals surface area contributed by atoms with Crippen LogP contribution < -0.4 is 5.32 Å². The molecule has 0 bridgehead atoms. The molecule has 3 rings (SSSR count). The average Bonchev–Trinajstić information content (AvgIpc) is 3.09. The molecule has 2 aromatic heterocycles. The highest BCUT2D eigenvalue weighted by Gasteiger charge is 2.17. The molecule has 0 saturated carbocycles. The van der Waals surface area contributed by atoms with Gasteiger partial charge in [0.05, 0.1) is 29.6 Å². The molecule has 2 heterocycles. The lowest BCUT2D eigenvalue weighted by Crippen LogP contribution is -2.31. The number of amides is 1. The predicted molar refractivity (Wildman–Crippen MR) is 114 cm³/mol. The van der Waals surface area contributed by atoms with Crippen molar-refractivity contribution in [1.82, 2.24) is 19.9 Å². The van der Waals surface area contributed by atoms with Crippen LogP contribution in [-0.4, -0.2) is 41.2 Å². The number of benzene rings is 1. The monoisotopic (exact) mass is 432 g/mol. The van der Waals surface area contributed by atoms with Gasteiger partial charge in [-0.25, -0.2) is 18.4 Å². The minimum Gasteiger partial charge on any atom is -0.345 e. The van der Waals surface area contributed by atoms with Gasteiger partial charge < -0.3 is 9.88 Å². The summed E-state index contributed by atoms with van der Waals surface area (Å²) in [5.41, 5.74) is 2.57. The van der Waals surface area contributed by atoms with E-state index in [4.69, 9.17) is 11.6 Å². The zero-order chi connectivity index (χ0) is 21.2. The van der Waals surface area contributed by atoms with Crippen LogP contribution >= 0.6 is 11.6 Å². The van der Waals surface area contributed by atoms with E-state index < -0.39 is 21.8 Å². The molecule has 0 aliphatic rings. The van der Waals surface area contributed by atoms with Crippen LogP contribution in [0.4, 0.5) is 0 Å². The van der Waals surface area contributed by atoms with E-state index >= 15 is 0 Å². The number of aromatic nitrogens is 3. The van der Waals surface area contributed by atoms with Gasteiger partial charge in [0.2, 0.25) is 0 Å². The van der Waals surface area contributed by atoms with Gasteiger partial charge in [-0.2, -0.15) is 0 Å². The largest absolute Gasteiger partial charge is 0.345 e. The number of nitrogens with one attached hydrogen (secondary N) is 1. The molecule has 29 heavy (non-hydrogen) atoms. The number of rotatable bonds is 6. The molecule has 0 aliphatic carbocycles. The van der Waals surface area contributed by atoms with Crippen LogP contribution in [0.5, 0.6) is 0 Å². The fourth-order valence-electron chi connectivity index (χ4n) is 2.91. The molecular formula is C20H21ClN4O3S. The van der Waals surface area contributed by atoms with Gasteiger partial charge in [-0.3, -0.25) is 4.79 Å². The maximum atomic E-state index is 12.4. The molecule has 0 saturated heterocycles. The van der Waals surface area contributed by atoms with Gasteiger partial charge in [-0.05, 0) is 31.5 Å². The number of sulfone groups is 1. The molecular weight excluding hydrogens is 412 g/mol. The maximum absolute atomic E-state index is 12.4. The summed E-state index contributed by atoms with van der Waals surface area (Å²) < 4.78 is 24.3. The maximum Gasteiger partial charge on any atom is 0.270 e. The number of nitrogens with zero attached hydrogens (tertiary/aromatic N) is 3. The number of imidazole rings is 1. The lowest BCUT2D eigenvalue weighted by Gasteiger charge is -2.16. The van der Waals surface area contributed by atoms with Crippen LogP contribution in [-0.2, 0) is 9.84 Å². The van der Waals surface area contributed by atoms with Crippen molar-refractivity contribution in [2.24, 2.45) is 0 Å². The van der Waals surface area contributed by atoms with Crippen molar-refractivity contribution < 1.29 is 13.2 Å². The molecule has 0 aliphatic heterocycles. The van der Waals surface area contributed by atoms with Crippen LogP contribution in [0.2, 0.25) is 5.02 Å². The van der Waals surface area contributed by atoms with Crippen molar-refractivity contribution in [3.63, 3.8) is 0 Å². The zero-order valence-corrected chi connectivity index (χ0v) is 17.8.